The van der Waals surface area contributed by atoms with Crippen LogP contribution < -0.4 is 0 Å². The molecule has 1 aliphatic heterocycles. The topological polar surface area (TPSA) is 32.6 Å². The van der Waals surface area contributed by atoms with Crippen molar-refractivity contribution in [2.75, 3.05) is 0 Å². The summed E-state index contributed by atoms with van der Waals surface area (Å²) in [5, 5.41) is 10.9. The van der Waals surface area contributed by atoms with Gasteiger partial charge in [-0.05, 0) is 18.6 Å². The molecule has 0 saturated heterocycles. The molecule has 2 aromatic carbocycles. The molecular formula is C16H15NO. The smallest absolute Gasteiger partial charge is 0.133 e. The summed E-state index contributed by atoms with van der Waals surface area (Å²) >= 11 is 0. The summed E-state index contributed by atoms with van der Waals surface area (Å²) in [7, 11) is 0. The highest BCUT2D eigenvalue weighted by Gasteiger charge is 2.38. The predicted molar refractivity (Wildman–Crippen MR) is 73.3 cm³/mol. The first-order chi connectivity index (χ1) is 8.70. The zero-order valence-corrected chi connectivity index (χ0v) is 10.3. The maximum absolute atomic E-state index is 10.9. The SMILES string of the molecule is CC1=Nc2ccccc2C1(O)Cc1ccccc1. The van der Waals surface area contributed by atoms with Gasteiger partial charge in [0.05, 0.1) is 11.4 Å². The molecular weight excluding hydrogens is 222 g/mol. The third-order valence-corrected chi connectivity index (χ3v) is 3.54. The fraction of sp³-hybridized carbons (Fsp3) is 0.188. The first-order valence-corrected chi connectivity index (χ1v) is 6.12. The zero-order valence-electron chi connectivity index (χ0n) is 10.3. The van der Waals surface area contributed by atoms with Gasteiger partial charge in [-0.1, -0.05) is 48.5 Å². The van der Waals surface area contributed by atoms with Gasteiger partial charge in [0.25, 0.3) is 0 Å². The van der Waals surface area contributed by atoms with Crippen LogP contribution in [0, 0.1) is 0 Å². The number of nitrogens with zero attached hydrogens (tertiary/aromatic N) is 1. The Morgan fingerprint density at radius 1 is 1.00 bits per heavy atom. The van der Waals surface area contributed by atoms with Crippen LogP contribution in [0.4, 0.5) is 5.69 Å². The van der Waals surface area contributed by atoms with Crippen molar-refractivity contribution >= 4 is 11.4 Å². The second kappa shape index (κ2) is 4.07. The lowest BCUT2D eigenvalue weighted by Crippen LogP contribution is -2.33. The predicted octanol–water partition coefficient (Wildman–Crippen LogP) is 3.22. The van der Waals surface area contributed by atoms with Crippen LogP contribution in [0.2, 0.25) is 0 Å². The van der Waals surface area contributed by atoms with Crippen LogP contribution in [-0.2, 0) is 12.0 Å². The van der Waals surface area contributed by atoms with Crippen LogP contribution in [-0.4, -0.2) is 10.8 Å². The van der Waals surface area contributed by atoms with E-state index in [4.69, 9.17) is 0 Å². The fourth-order valence-electron chi connectivity index (χ4n) is 2.50. The van der Waals surface area contributed by atoms with Crippen LogP contribution in [0.1, 0.15) is 18.1 Å². The van der Waals surface area contributed by atoms with E-state index >= 15 is 0 Å². The van der Waals surface area contributed by atoms with Crippen molar-refractivity contribution in [1.82, 2.24) is 0 Å². The number of hydrogen-bond acceptors (Lipinski definition) is 2. The largest absolute Gasteiger partial charge is 0.379 e. The van der Waals surface area contributed by atoms with E-state index in [1.165, 1.54) is 0 Å². The number of fused-ring (bicyclic) bond motifs is 1. The lowest BCUT2D eigenvalue weighted by atomic mass is 9.85. The average molecular weight is 237 g/mol. The van der Waals surface area contributed by atoms with E-state index in [0.717, 1.165) is 22.5 Å². The normalized spacial score (nSPS) is 21.6. The van der Waals surface area contributed by atoms with Gasteiger partial charge < -0.3 is 5.11 Å². The lowest BCUT2D eigenvalue weighted by Gasteiger charge is -2.24. The Labute approximate surface area is 107 Å². The number of hydrogen-bond donors (Lipinski definition) is 1. The Morgan fingerprint density at radius 2 is 1.67 bits per heavy atom. The number of aliphatic hydroxyl groups is 1. The Kier molecular flexibility index (Phi) is 2.53. The maximum atomic E-state index is 10.9. The van der Waals surface area contributed by atoms with Crippen LogP contribution in [0.25, 0.3) is 0 Å². The molecule has 1 aliphatic rings. The Hall–Kier alpha value is -1.93. The van der Waals surface area contributed by atoms with Gasteiger partial charge in [0, 0.05) is 12.0 Å². The summed E-state index contributed by atoms with van der Waals surface area (Å²) in [6, 6.07) is 17.8. The monoisotopic (exact) mass is 237 g/mol. The van der Waals surface area contributed by atoms with Crippen molar-refractivity contribution in [3.63, 3.8) is 0 Å². The molecule has 0 saturated carbocycles. The summed E-state index contributed by atoms with van der Waals surface area (Å²) in [4.78, 5) is 4.47. The van der Waals surface area contributed by atoms with Crippen molar-refractivity contribution in [3.05, 3.63) is 65.7 Å². The zero-order chi connectivity index (χ0) is 12.6. The summed E-state index contributed by atoms with van der Waals surface area (Å²) in [6.07, 6.45) is 0.570. The van der Waals surface area contributed by atoms with Gasteiger partial charge in [-0.15, -0.1) is 0 Å². The van der Waals surface area contributed by atoms with Gasteiger partial charge >= 0.3 is 0 Å². The van der Waals surface area contributed by atoms with Crippen molar-refractivity contribution in [3.8, 4) is 0 Å². The van der Waals surface area contributed by atoms with Gasteiger partial charge in [0.2, 0.25) is 0 Å². The first-order valence-electron chi connectivity index (χ1n) is 6.12. The molecule has 0 fully saturated rings. The molecule has 1 unspecified atom stereocenters. The Balaban J connectivity index is 2.03. The second-order valence-electron chi connectivity index (χ2n) is 4.74. The molecule has 0 amide bonds. The number of aliphatic imine (C=N–C) groups is 1. The quantitative estimate of drug-likeness (QED) is 0.854. The maximum Gasteiger partial charge on any atom is 0.133 e. The van der Waals surface area contributed by atoms with E-state index in [-0.39, 0.29) is 0 Å². The van der Waals surface area contributed by atoms with E-state index in [1.54, 1.807) is 0 Å². The Morgan fingerprint density at radius 3 is 2.44 bits per heavy atom. The van der Waals surface area contributed by atoms with Crippen molar-refractivity contribution in [2.24, 2.45) is 4.99 Å². The van der Waals surface area contributed by atoms with Gasteiger partial charge in [-0.25, -0.2) is 0 Å². The molecule has 90 valence electrons. The first kappa shape index (κ1) is 11.2. The van der Waals surface area contributed by atoms with Gasteiger partial charge in [0.1, 0.15) is 5.60 Å². The molecule has 0 aliphatic carbocycles. The second-order valence-corrected chi connectivity index (χ2v) is 4.74. The minimum absolute atomic E-state index is 0.570. The summed E-state index contributed by atoms with van der Waals surface area (Å²) in [5.74, 6) is 0. The summed E-state index contributed by atoms with van der Waals surface area (Å²) in [5.41, 5.74) is 2.72. The highest BCUT2D eigenvalue weighted by atomic mass is 16.3. The van der Waals surface area contributed by atoms with Crippen LogP contribution in [0.3, 0.4) is 0 Å². The number of para-hydroxylation sites is 1. The standard InChI is InChI=1S/C16H15NO/c1-12-16(18,11-13-7-3-2-4-8-13)14-9-5-6-10-15(14)17-12/h2-10,18H,11H2,1H3. The van der Waals surface area contributed by atoms with Crippen molar-refractivity contribution in [1.29, 1.82) is 0 Å². The van der Waals surface area contributed by atoms with Gasteiger partial charge in [0.15, 0.2) is 0 Å². The average Bonchev–Trinajstić information content (AvgIpc) is 2.63. The molecule has 1 atom stereocenters. The fourth-order valence-corrected chi connectivity index (χ4v) is 2.50. The van der Waals surface area contributed by atoms with Crippen molar-refractivity contribution in [2.45, 2.75) is 18.9 Å². The molecule has 0 aromatic heterocycles. The summed E-state index contributed by atoms with van der Waals surface area (Å²) in [6.45, 7) is 1.89. The van der Waals surface area contributed by atoms with Crippen LogP contribution in [0.15, 0.2) is 59.6 Å². The molecule has 1 N–H and O–H groups in total. The van der Waals surface area contributed by atoms with Crippen LogP contribution >= 0.6 is 0 Å². The van der Waals surface area contributed by atoms with Gasteiger partial charge in [-0.2, -0.15) is 0 Å². The third kappa shape index (κ3) is 1.66. The molecule has 2 aromatic rings. The molecule has 1 heterocycles. The van der Waals surface area contributed by atoms with E-state index in [9.17, 15) is 5.11 Å². The minimum atomic E-state index is -0.960. The lowest BCUT2D eigenvalue weighted by molar-refractivity contribution is 0.115. The molecule has 2 nitrogen and oxygen atoms in total. The molecule has 0 spiro atoms. The third-order valence-electron chi connectivity index (χ3n) is 3.54. The van der Waals surface area contributed by atoms with E-state index < -0.39 is 5.60 Å². The Bertz CT molecular complexity index is 604. The molecule has 2 heteroatoms. The molecule has 0 radical (unpaired) electrons. The summed E-state index contributed by atoms with van der Waals surface area (Å²) < 4.78 is 0. The van der Waals surface area contributed by atoms with Crippen LogP contribution in [0.5, 0.6) is 0 Å². The number of benzene rings is 2. The highest BCUT2D eigenvalue weighted by molar-refractivity contribution is 5.98. The van der Waals surface area contributed by atoms with Crippen molar-refractivity contribution < 1.29 is 5.11 Å². The minimum Gasteiger partial charge on any atom is -0.379 e. The molecule has 0 bridgehead atoms. The van der Waals surface area contributed by atoms with Gasteiger partial charge in [-0.3, -0.25) is 4.99 Å². The molecule has 3 rings (SSSR count). The highest BCUT2D eigenvalue weighted by Crippen LogP contribution is 2.40. The molecule has 18 heavy (non-hydrogen) atoms. The van der Waals surface area contributed by atoms with E-state index in [2.05, 4.69) is 4.99 Å². The number of rotatable bonds is 2. The van der Waals surface area contributed by atoms with E-state index in [1.807, 2.05) is 61.5 Å². The van der Waals surface area contributed by atoms with E-state index in [0.29, 0.717) is 6.42 Å².